The summed E-state index contributed by atoms with van der Waals surface area (Å²) in [5, 5.41) is 0.618. The first-order chi connectivity index (χ1) is 13.2. The van der Waals surface area contributed by atoms with Crippen LogP contribution in [0.4, 0.5) is 0 Å². The first kappa shape index (κ1) is 17.2. The molecule has 5 nitrogen and oxygen atoms in total. The van der Waals surface area contributed by atoms with Crippen LogP contribution in [0.25, 0.3) is 20.7 Å². The molecule has 2 aromatic heterocycles. The average Bonchev–Trinajstić information content (AvgIpc) is 3.16. The predicted octanol–water partition coefficient (Wildman–Crippen LogP) is 3.96. The van der Waals surface area contributed by atoms with Crippen molar-refractivity contribution in [1.29, 1.82) is 0 Å². The molecule has 0 saturated heterocycles. The molecule has 0 bridgehead atoms. The first-order valence-corrected chi connectivity index (χ1v) is 9.19. The third-order valence-corrected chi connectivity index (χ3v) is 5.40. The molecule has 0 saturated carbocycles. The standard InChI is InChI=1S/C21H16N2O3S/c1-26-21(25)16-9-7-14(8-10-16)12-23-13-22-19-17(20(23)24)11-18(27-19)15-5-3-2-4-6-15/h2-11,13H,12H2,1H3. The van der Waals surface area contributed by atoms with Crippen molar-refractivity contribution < 1.29 is 9.53 Å². The van der Waals surface area contributed by atoms with Gasteiger partial charge in [0.1, 0.15) is 4.83 Å². The highest BCUT2D eigenvalue weighted by Crippen LogP contribution is 2.30. The van der Waals surface area contributed by atoms with E-state index in [9.17, 15) is 9.59 Å². The van der Waals surface area contributed by atoms with Gasteiger partial charge in [0.25, 0.3) is 5.56 Å². The molecular formula is C21H16N2O3S. The molecule has 134 valence electrons. The van der Waals surface area contributed by atoms with Crippen molar-refractivity contribution in [3.63, 3.8) is 0 Å². The molecule has 2 aromatic carbocycles. The molecule has 0 unspecified atom stereocenters. The molecule has 2 heterocycles. The number of hydrogen-bond acceptors (Lipinski definition) is 5. The zero-order valence-electron chi connectivity index (χ0n) is 14.6. The number of methoxy groups -OCH3 is 1. The van der Waals surface area contributed by atoms with Crippen LogP contribution in [0.5, 0.6) is 0 Å². The molecule has 27 heavy (non-hydrogen) atoms. The second kappa shape index (κ2) is 7.17. The number of benzene rings is 2. The van der Waals surface area contributed by atoms with Crippen molar-refractivity contribution in [3.05, 3.63) is 88.5 Å². The number of aromatic nitrogens is 2. The number of carbonyl (C=O) groups is 1. The number of thiophene rings is 1. The lowest BCUT2D eigenvalue weighted by molar-refractivity contribution is 0.0600. The second-order valence-corrected chi connectivity index (χ2v) is 7.09. The third kappa shape index (κ3) is 3.39. The van der Waals surface area contributed by atoms with Crippen LogP contribution in [0, 0.1) is 0 Å². The first-order valence-electron chi connectivity index (χ1n) is 8.37. The molecule has 0 aliphatic heterocycles. The van der Waals surface area contributed by atoms with Crippen LogP contribution in [0.15, 0.2) is 71.8 Å². The van der Waals surface area contributed by atoms with Gasteiger partial charge < -0.3 is 4.74 Å². The lowest BCUT2D eigenvalue weighted by Gasteiger charge is -2.06. The summed E-state index contributed by atoms with van der Waals surface area (Å²) in [6.45, 7) is 0.389. The van der Waals surface area contributed by atoms with E-state index in [0.29, 0.717) is 17.5 Å². The number of ether oxygens (including phenoxy) is 1. The molecule has 6 heteroatoms. The minimum atomic E-state index is -0.381. The Morgan fingerprint density at radius 3 is 2.56 bits per heavy atom. The van der Waals surface area contributed by atoms with E-state index in [0.717, 1.165) is 20.8 Å². The molecule has 0 fully saturated rings. The van der Waals surface area contributed by atoms with Crippen molar-refractivity contribution in [3.8, 4) is 10.4 Å². The van der Waals surface area contributed by atoms with Crippen LogP contribution in [-0.2, 0) is 11.3 Å². The Morgan fingerprint density at radius 1 is 1.11 bits per heavy atom. The van der Waals surface area contributed by atoms with Gasteiger partial charge >= 0.3 is 5.97 Å². The van der Waals surface area contributed by atoms with E-state index in [1.807, 2.05) is 48.5 Å². The normalized spacial score (nSPS) is 10.9. The molecular weight excluding hydrogens is 360 g/mol. The van der Waals surface area contributed by atoms with E-state index in [-0.39, 0.29) is 11.5 Å². The molecule has 0 spiro atoms. The zero-order chi connectivity index (χ0) is 18.8. The summed E-state index contributed by atoms with van der Waals surface area (Å²) in [6.07, 6.45) is 1.57. The van der Waals surface area contributed by atoms with Crippen molar-refractivity contribution >= 4 is 27.5 Å². The highest BCUT2D eigenvalue weighted by Gasteiger charge is 2.11. The molecule has 0 N–H and O–H groups in total. The predicted molar refractivity (Wildman–Crippen MR) is 106 cm³/mol. The number of fused-ring (bicyclic) bond motifs is 1. The molecule has 0 aliphatic rings. The van der Waals surface area contributed by atoms with Crippen molar-refractivity contribution in [2.75, 3.05) is 7.11 Å². The smallest absolute Gasteiger partial charge is 0.337 e. The van der Waals surface area contributed by atoms with Crippen LogP contribution in [0.1, 0.15) is 15.9 Å². The van der Waals surface area contributed by atoms with E-state index in [2.05, 4.69) is 4.98 Å². The average molecular weight is 376 g/mol. The van der Waals surface area contributed by atoms with Gasteiger partial charge in [0.15, 0.2) is 0 Å². The number of hydrogen-bond donors (Lipinski definition) is 0. The minimum absolute atomic E-state index is 0.0736. The van der Waals surface area contributed by atoms with Gasteiger partial charge in [0, 0.05) is 4.88 Å². The zero-order valence-corrected chi connectivity index (χ0v) is 15.4. The Kier molecular flexibility index (Phi) is 4.56. The summed E-state index contributed by atoms with van der Waals surface area (Å²) in [4.78, 5) is 30.6. The summed E-state index contributed by atoms with van der Waals surface area (Å²) >= 11 is 1.51. The highest BCUT2D eigenvalue weighted by atomic mass is 32.1. The topological polar surface area (TPSA) is 61.2 Å². The van der Waals surface area contributed by atoms with Crippen LogP contribution in [0.3, 0.4) is 0 Å². The van der Waals surface area contributed by atoms with Gasteiger partial charge in [-0.2, -0.15) is 0 Å². The molecule has 4 aromatic rings. The lowest BCUT2D eigenvalue weighted by Crippen LogP contribution is -2.20. The maximum Gasteiger partial charge on any atom is 0.337 e. The second-order valence-electron chi connectivity index (χ2n) is 6.06. The minimum Gasteiger partial charge on any atom is -0.465 e. The fraction of sp³-hybridized carbons (Fsp3) is 0.0952. The maximum absolute atomic E-state index is 12.9. The Balaban J connectivity index is 1.66. The quantitative estimate of drug-likeness (QED) is 0.506. The summed E-state index contributed by atoms with van der Waals surface area (Å²) in [7, 11) is 1.35. The monoisotopic (exact) mass is 376 g/mol. The molecule has 0 amide bonds. The Bertz CT molecular complexity index is 1160. The van der Waals surface area contributed by atoms with E-state index >= 15 is 0 Å². The van der Waals surface area contributed by atoms with E-state index in [1.165, 1.54) is 18.4 Å². The maximum atomic E-state index is 12.9. The summed E-state index contributed by atoms with van der Waals surface area (Å²) in [6, 6.07) is 18.9. The van der Waals surface area contributed by atoms with Crippen LogP contribution in [-0.4, -0.2) is 22.6 Å². The van der Waals surface area contributed by atoms with Gasteiger partial charge in [-0.3, -0.25) is 9.36 Å². The third-order valence-electron chi connectivity index (χ3n) is 4.30. The summed E-state index contributed by atoms with van der Waals surface area (Å²) in [5.74, 6) is -0.381. The van der Waals surface area contributed by atoms with Crippen LogP contribution >= 0.6 is 11.3 Å². The van der Waals surface area contributed by atoms with E-state index in [1.54, 1.807) is 23.0 Å². The fourth-order valence-electron chi connectivity index (χ4n) is 2.88. The van der Waals surface area contributed by atoms with Gasteiger partial charge in [0.2, 0.25) is 0 Å². The van der Waals surface area contributed by atoms with E-state index < -0.39 is 0 Å². The van der Waals surface area contributed by atoms with Crippen molar-refractivity contribution in [1.82, 2.24) is 9.55 Å². The fourth-order valence-corrected chi connectivity index (χ4v) is 3.87. The Labute approximate surface area is 159 Å². The molecule has 4 rings (SSSR count). The van der Waals surface area contributed by atoms with Crippen LogP contribution in [0.2, 0.25) is 0 Å². The number of nitrogens with zero attached hydrogens (tertiary/aromatic N) is 2. The number of esters is 1. The van der Waals surface area contributed by atoms with Crippen molar-refractivity contribution in [2.24, 2.45) is 0 Å². The number of carbonyl (C=O) groups excluding carboxylic acids is 1. The Hall–Kier alpha value is -3.25. The molecule has 0 aliphatic carbocycles. The lowest BCUT2D eigenvalue weighted by atomic mass is 10.1. The van der Waals surface area contributed by atoms with Gasteiger partial charge in [-0.05, 0) is 29.3 Å². The molecule has 0 radical (unpaired) electrons. The number of rotatable bonds is 4. The van der Waals surface area contributed by atoms with Gasteiger partial charge in [-0.15, -0.1) is 11.3 Å². The summed E-state index contributed by atoms with van der Waals surface area (Å²) in [5.41, 5.74) is 2.39. The summed E-state index contributed by atoms with van der Waals surface area (Å²) < 4.78 is 6.28. The van der Waals surface area contributed by atoms with Gasteiger partial charge in [-0.1, -0.05) is 42.5 Å². The van der Waals surface area contributed by atoms with Crippen molar-refractivity contribution in [2.45, 2.75) is 6.54 Å². The largest absolute Gasteiger partial charge is 0.465 e. The van der Waals surface area contributed by atoms with Crippen LogP contribution < -0.4 is 5.56 Å². The highest BCUT2D eigenvalue weighted by molar-refractivity contribution is 7.21. The van der Waals surface area contributed by atoms with Gasteiger partial charge in [0.05, 0.1) is 30.9 Å². The van der Waals surface area contributed by atoms with E-state index in [4.69, 9.17) is 4.74 Å². The SMILES string of the molecule is COC(=O)c1ccc(Cn2cnc3sc(-c4ccccc4)cc3c2=O)cc1. The Morgan fingerprint density at radius 2 is 1.85 bits per heavy atom. The van der Waals surface area contributed by atoms with Gasteiger partial charge in [-0.25, -0.2) is 9.78 Å². The molecule has 0 atom stereocenters.